The second-order valence-corrected chi connectivity index (χ2v) is 5.83. The van der Waals surface area contributed by atoms with Crippen molar-refractivity contribution < 1.29 is 40.7 Å². The maximum absolute atomic E-state index is 13.0. The maximum atomic E-state index is 13.0. The van der Waals surface area contributed by atoms with Gasteiger partial charge in [-0.1, -0.05) is 0 Å². The molecule has 0 saturated carbocycles. The molecule has 0 aliphatic carbocycles. The standard InChI is InChI=1S/C15H14F6N2O3/c16-14(17,18)13(15(19,20)21)5-6-23(8-13)12(25)9-1-3-10(4-2-9)26-7-11(22)24/h1-4H,5-8H2,(H2,22,24). The van der Waals surface area contributed by atoms with E-state index in [2.05, 4.69) is 0 Å². The van der Waals surface area contributed by atoms with E-state index in [1.807, 2.05) is 0 Å². The molecule has 0 radical (unpaired) electrons. The lowest BCUT2D eigenvalue weighted by Gasteiger charge is -2.33. The zero-order valence-electron chi connectivity index (χ0n) is 13.2. The van der Waals surface area contributed by atoms with E-state index in [0.717, 1.165) is 0 Å². The zero-order chi connectivity index (χ0) is 19.8. The van der Waals surface area contributed by atoms with Gasteiger partial charge in [0, 0.05) is 18.7 Å². The van der Waals surface area contributed by atoms with Crippen LogP contribution < -0.4 is 10.5 Å². The average molecular weight is 384 g/mol. The molecule has 5 nitrogen and oxygen atoms in total. The number of primary amides is 1. The molecule has 2 amide bonds. The van der Waals surface area contributed by atoms with Crippen LogP contribution >= 0.6 is 0 Å². The lowest BCUT2D eigenvalue weighted by atomic mass is 9.85. The summed E-state index contributed by atoms with van der Waals surface area (Å²) in [4.78, 5) is 23.4. The van der Waals surface area contributed by atoms with Gasteiger partial charge >= 0.3 is 12.4 Å². The molecular weight excluding hydrogens is 370 g/mol. The number of nitrogens with zero attached hydrogens (tertiary/aromatic N) is 1. The predicted octanol–water partition coefficient (Wildman–Crippen LogP) is 2.51. The number of likely N-dealkylation sites (tertiary alicyclic amines) is 1. The Morgan fingerprint density at radius 3 is 2.04 bits per heavy atom. The molecular formula is C15H14F6N2O3. The average Bonchev–Trinajstić information content (AvgIpc) is 2.99. The van der Waals surface area contributed by atoms with E-state index in [9.17, 15) is 35.9 Å². The highest BCUT2D eigenvalue weighted by Gasteiger charge is 2.72. The third-order valence-corrected chi connectivity index (χ3v) is 4.12. The first-order valence-corrected chi connectivity index (χ1v) is 7.31. The molecule has 0 unspecified atom stereocenters. The van der Waals surface area contributed by atoms with Gasteiger partial charge in [0.1, 0.15) is 5.75 Å². The summed E-state index contributed by atoms with van der Waals surface area (Å²) in [6.45, 7) is -2.57. The Balaban J connectivity index is 2.15. The van der Waals surface area contributed by atoms with Crippen LogP contribution in [-0.4, -0.2) is 48.8 Å². The topological polar surface area (TPSA) is 72.6 Å². The highest BCUT2D eigenvalue weighted by atomic mass is 19.4. The molecule has 0 bridgehead atoms. The SMILES string of the molecule is NC(=O)COc1ccc(C(=O)N2CCC(C(F)(F)F)(C(F)(F)F)C2)cc1. The van der Waals surface area contributed by atoms with E-state index in [1.165, 1.54) is 24.3 Å². The number of benzene rings is 1. The van der Waals surface area contributed by atoms with Crippen LogP contribution in [0.5, 0.6) is 5.75 Å². The summed E-state index contributed by atoms with van der Waals surface area (Å²) in [6.07, 6.45) is -12.3. The van der Waals surface area contributed by atoms with Crippen LogP contribution in [-0.2, 0) is 4.79 Å². The molecule has 1 aliphatic heterocycles. The Kier molecular flexibility index (Phi) is 5.11. The number of rotatable bonds is 4. The van der Waals surface area contributed by atoms with Crippen LogP contribution in [0.3, 0.4) is 0 Å². The first-order chi connectivity index (χ1) is 11.9. The van der Waals surface area contributed by atoms with Gasteiger partial charge < -0.3 is 15.4 Å². The first kappa shape index (κ1) is 19.9. The minimum absolute atomic E-state index is 0.100. The van der Waals surface area contributed by atoms with Crippen LogP contribution in [0.1, 0.15) is 16.8 Å². The number of alkyl halides is 6. The Morgan fingerprint density at radius 1 is 1.08 bits per heavy atom. The number of nitrogens with two attached hydrogens (primary N) is 1. The molecule has 144 valence electrons. The van der Waals surface area contributed by atoms with Crippen molar-refractivity contribution in [2.24, 2.45) is 11.1 Å². The smallest absolute Gasteiger partial charge is 0.404 e. The van der Waals surface area contributed by atoms with Crippen molar-refractivity contribution in [3.8, 4) is 5.75 Å². The van der Waals surface area contributed by atoms with Gasteiger partial charge in [-0.05, 0) is 30.7 Å². The van der Waals surface area contributed by atoms with Crippen molar-refractivity contribution in [3.05, 3.63) is 29.8 Å². The van der Waals surface area contributed by atoms with Crippen molar-refractivity contribution in [2.75, 3.05) is 19.7 Å². The second-order valence-electron chi connectivity index (χ2n) is 5.83. The van der Waals surface area contributed by atoms with Crippen LogP contribution in [0.2, 0.25) is 0 Å². The highest BCUT2D eigenvalue weighted by molar-refractivity contribution is 5.94. The number of halogens is 6. The summed E-state index contributed by atoms with van der Waals surface area (Å²) in [5.74, 6) is -1.53. The van der Waals surface area contributed by atoms with E-state index < -0.39 is 55.7 Å². The first-order valence-electron chi connectivity index (χ1n) is 7.31. The number of amides is 2. The normalized spacial score (nSPS) is 17.2. The molecule has 1 aromatic rings. The summed E-state index contributed by atoms with van der Waals surface area (Å²) in [7, 11) is 0. The van der Waals surface area contributed by atoms with Gasteiger partial charge in [-0.2, -0.15) is 26.3 Å². The fourth-order valence-electron chi connectivity index (χ4n) is 2.64. The maximum Gasteiger partial charge on any atom is 0.404 e. The quantitative estimate of drug-likeness (QED) is 0.811. The Morgan fingerprint density at radius 2 is 1.62 bits per heavy atom. The fraction of sp³-hybridized carbons (Fsp3) is 0.467. The number of hydrogen-bond donors (Lipinski definition) is 1. The van der Waals surface area contributed by atoms with E-state index >= 15 is 0 Å². The van der Waals surface area contributed by atoms with Crippen LogP contribution in [0.25, 0.3) is 0 Å². The predicted molar refractivity (Wildman–Crippen MR) is 76.2 cm³/mol. The monoisotopic (exact) mass is 384 g/mol. The summed E-state index contributed by atoms with van der Waals surface area (Å²) < 4.78 is 83.2. The van der Waals surface area contributed by atoms with Crippen molar-refractivity contribution in [2.45, 2.75) is 18.8 Å². The fourth-order valence-corrected chi connectivity index (χ4v) is 2.64. The molecule has 1 saturated heterocycles. The van der Waals surface area contributed by atoms with Gasteiger partial charge in [-0.15, -0.1) is 0 Å². The lowest BCUT2D eigenvalue weighted by molar-refractivity contribution is -0.334. The molecule has 0 atom stereocenters. The van der Waals surface area contributed by atoms with Crippen molar-refractivity contribution in [1.82, 2.24) is 4.90 Å². The van der Waals surface area contributed by atoms with E-state index in [1.54, 1.807) is 0 Å². The van der Waals surface area contributed by atoms with Crippen molar-refractivity contribution >= 4 is 11.8 Å². The van der Waals surface area contributed by atoms with Crippen molar-refractivity contribution in [3.63, 3.8) is 0 Å². The summed E-state index contributed by atoms with van der Waals surface area (Å²) >= 11 is 0. The van der Waals surface area contributed by atoms with Gasteiger partial charge in [-0.25, -0.2) is 0 Å². The molecule has 2 N–H and O–H groups in total. The Labute approximate surface area is 143 Å². The molecule has 1 aromatic carbocycles. The third kappa shape index (κ3) is 3.70. The lowest BCUT2D eigenvalue weighted by Crippen LogP contribution is -2.52. The van der Waals surface area contributed by atoms with Gasteiger partial charge in [0.25, 0.3) is 11.8 Å². The van der Waals surface area contributed by atoms with Crippen molar-refractivity contribution in [1.29, 1.82) is 0 Å². The summed E-state index contributed by atoms with van der Waals surface area (Å²) in [5.41, 5.74) is 0.857. The molecule has 1 fully saturated rings. The number of carbonyl (C=O) groups excluding carboxylic acids is 2. The molecule has 1 aliphatic rings. The van der Waals surface area contributed by atoms with Crippen LogP contribution in [0.4, 0.5) is 26.3 Å². The summed E-state index contributed by atoms with van der Waals surface area (Å²) in [6, 6.07) is 4.87. The molecule has 11 heteroatoms. The molecule has 2 rings (SSSR count). The Bertz CT molecular complexity index is 670. The van der Waals surface area contributed by atoms with E-state index in [0.29, 0.717) is 4.90 Å². The molecule has 26 heavy (non-hydrogen) atoms. The van der Waals surface area contributed by atoms with Gasteiger partial charge in [-0.3, -0.25) is 9.59 Å². The largest absolute Gasteiger partial charge is 0.484 e. The van der Waals surface area contributed by atoms with Crippen LogP contribution in [0.15, 0.2) is 24.3 Å². The minimum Gasteiger partial charge on any atom is -0.484 e. The highest BCUT2D eigenvalue weighted by Crippen LogP contribution is 2.55. The van der Waals surface area contributed by atoms with Gasteiger partial charge in [0.15, 0.2) is 12.0 Å². The summed E-state index contributed by atoms with van der Waals surface area (Å²) in [5, 5.41) is 0. The Hall–Kier alpha value is -2.46. The van der Waals surface area contributed by atoms with E-state index in [4.69, 9.17) is 10.5 Å². The molecule has 1 heterocycles. The number of hydrogen-bond acceptors (Lipinski definition) is 3. The third-order valence-electron chi connectivity index (χ3n) is 4.12. The number of carbonyl (C=O) groups is 2. The zero-order valence-corrected chi connectivity index (χ0v) is 13.2. The molecule has 0 spiro atoms. The second kappa shape index (κ2) is 6.69. The van der Waals surface area contributed by atoms with Crippen LogP contribution in [0, 0.1) is 5.41 Å². The molecule has 0 aromatic heterocycles. The van der Waals surface area contributed by atoms with Gasteiger partial charge in [0.05, 0.1) is 0 Å². The number of ether oxygens (including phenoxy) is 1. The van der Waals surface area contributed by atoms with Gasteiger partial charge in [0.2, 0.25) is 0 Å². The minimum atomic E-state index is -5.52. The van der Waals surface area contributed by atoms with E-state index in [-0.39, 0.29) is 11.3 Å².